The van der Waals surface area contributed by atoms with E-state index in [2.05, 4.69) is 15.6 Å². The molecule has 3 rings (SSSR count). The molecule has 5 heteroatoms. The number of aromatic carboxylic acids is 1. The molecule has 4 nitrogen and oxygen atoms in total. The molecule has 132 valence electrons. The first kappa shape index (κ1) is 18.0. The predicted octanol–water partition coefficient (Wildman–Crippen LogP) is 5.50. The average Bonchev–Trinajstić information content (AvgIpc) is 2.87. The van der Waals surface area contributed by atoms with Crippen LogP contribution in [0.15, 0.2) is 53.5 Å². The Morgan fingerprint density at radius 3 is 2.58 bits per heavy atom. The first-order valence-electron chi connectivity index (χ1n) is 8.19. The van der Waals surface area contributed by atoms with Gasteiger partial charge in [-0.15, -0.1) is 0 Å². The first-order chi connectivity index (χ1) is 12.4. The standard InChI is InChI=1S/C21H19ClN2O2/c1-13-7-8-16(21(25)26)10-20(13)23-12-17-9-14(2)24(15(17)3)19-6-4-5-18(22)11-19/h4-12H,1-3H3,(H,25,26). The van der Waals surface area contributed by atoms with E-state index in [1.54, 1.807) is 24.4 Å². The maximum Gasteiger partial charge on any atom is 0.335 e. The van der Waals surface area contributed by atoms with Crippen molar-refractivity contribution in [3.8, 4) is 5.69 Å². The van der Waals surface area contributed by atoms with Crippen LogP contribution in [-0.2, 0) is 0 Å². The average molecular weight is 367 g/mol. The largest absolute Gasteiger partial charge is 0.478 e. The number of carbonyl (C=O) groups is 1. The Hall–Kier alpha value is -2.85. The van der Waals surface area contributed by atoms with E-state index in [0.717, 1.165) is 28.2 Å². The van der Waals surface area contributed by atoms with E-state index in [0.29, 0.717) is 10.7 Å². The molecule has 2 aromatic carbocycles. The normalized spacial score (nSPS) is 11.2. The molecule has 1 aromatic heterocycles. The SMILES string of the molecule is Cc1ccc(C(=O)O)cc1N=Cc1cc(C)n(-c2cccc(Cl)c2)c1C. The van der Waals surface area contributed by atoms with Crippen LogP contribution in [0.4, 0.5) is 5.69 Å². The van der Waals surface area contributed by atoms with Crippen LogP contribution in [0.1, 0.15) is 32.9 Å². The molecule has 0 aliphatic rings. The molecule has 0 saturated heterocycles. The van der Waals surface area contributed by atoms with Gasteiger partial charge in [0.15, 0.2) is 0 Å². The van der Waals surface area contributed by atoms with Gasteiger partial charge in [0.25, 0.3) is 0 Å². The molecule has 0 saturated carbocycles. The fourth-order valence-corrected chi connectivity index (χ4v) is 3.14. The van der Waals surface area contributed by atoms with E-state index in [1.165, 1.54) is 0 Å². The van der Waals surface area contributed by atoms with Crippen molar-refractivity contribution in [2.24, 2.45) is 4.99 Å². The minimum Gasteiger partial charge on any atom is -0.478 e. The number of aryl methyl sites for hydroxylation is 2. The minimum atomic E-state index is -0.958. The summed E-state index contributed by atoms with van der Waals surface area (Å²) in [4.78, 5) is 15.7. The maximum absolute atomic E-state index is 11.2. The van der Waals surface area contributed by atoms with Crippen molar-refractivity contribution in [1.29, 1.82) is 0 Å². The quantitative estimate of drug-likeness (QED) is 0.619. The monoisotopic (exact) mass is 366 g/mol. The minimum absolute atomic E-state index is 0.229. The van der Waals surface area contributed by atoms with Crippen molar-refractivity contribution < 1.29 is 9.90 Å². The second-order valence-corrected chi connectivity index (χ2v) is 6.64. The zero-order chi connectivity index (χ0) is 18.8. The van der Waals surface area contributed by atoms with Gasteiger partial charge in [-0.25, -0.2) is 4.79 Å². The smallest absolute Gasteiger partial charge is 0.335 e. The lowest BCUT2D eigenvalue weighted by molar-refractivity contribution is 0.0697. The lowest BCUT2D eigenvalue weighted by atomic mass is 10.1. The van der Waals surface area contributed by atoms with Gasteiger partial charge >= 0.3 is 5.97 Å². The fraction of sp³-hybridized carbons (Fsp3) is 0.143. The van der Waals surface area contributed by atoms with Crippen molar-refractivity contribution >= 4 is 29.5 Å². The number of nitrogens with zero attached hydrogens (tertiary/aromatic N) is 2. The van der Waals surface area contributed by atoms with E-state index < -0.39 is 5.97 Å². The summed E-state index contributed by atoms with van der Waals surface area (Å²) < 4.78 is 2.12. The van der Waals surface area contributed by atoms with Gasteiger partial charge in [0.05, 0.1) is 11.3 Å². The summed E-state index contributed by atoms with van der Waals surface area (Å²) in [6.45, 7) is 5.96. The van der Waals surface area contributed by atoms with Crippen LogP contribution in [0.5, 0.6) is 0 Å². The number of benzene rings is 2. The lowest BCUT2D eigenvalue weighted by Gasteiger charge is -2.09. The first-order valence-corrected chi connectivity index (χ1v) is 8.57. The molecular formula is C21H19ClN2O2. The second-order valence-electron chi connectivity index (χ2n) is 6.21. The van der Waals surface area contributed by atoms with E-state index in [1.807, 2.05) is 45.0 Å². The summed E-state index contributed by atoms with van der Waals surface area (Å²) in [7, 11) is 0. The molecule has 3 aromatic rings. The number of carboxylic acid groups (broad SMARTS) is 1. The Bertz CT molecular complexity index is 1020. The Kier molecular flexibility index (Phi) is 4.96. The lowest BCUT2D eigenvalue weighted by Crippen LogP contribution is -1.99. The Morgan fingerprint density at radius 2 is 1.88 bits per heavy atom. The van der Waals surface area contributed by atoms with E-state index in [4.69, 9.17) is 16.7 Å². The zero-order valence-electron chi connectivity index (χ0n) is 14.8. The highest BCUT2D eigenvalue weighted by molar-refractivity contribution is 6.30. The van der Waals surface area contributed by atoms with Crippen LogP contribution in [0.2, 0.25) is 5.02 Å². The topological polar surface area (TPSA) is 54.6 Å². The summed E-state index contributed by atoms with van der Waals surface area (Å²) >= 11 is 6.12. The number of aliphatic imine (C=N–C) groups is 1. The fourth-order valence-electron chi connectivity index (χ4n) is 2.95. The molecule has 1 N–H and O–H groups in total. The molecule has 0 amide bonds. The number of carboxylic acids is 1. The number of hydrogen-bond acceptors (Lipinski definition) is 2. The Balaban J connectivity index is 2.00. The van der Waals surface area contributed by atoms with Gasteiger partial charge in [0.2, 0.25) is 0 Å². The third-order valence-corrected chi connectivity index (χ3v) is 4.57. The Morgan fingerprint density at radius 1 is 1.12 bits per heavy atom. The van der Waals surface area contributed by atoms with Crippen molar-refractivity contribution in [2.45, 2.75) is 20.8 Å². The molecule has 0 bridgehead atoms. The predicted molar refractivity (Wildman–Crippen MR) is 106 cm³/mol. The van der Waals surface area contributed by atoms with Crippen LogP contribution in [0, 0.1) is 20.8 Å². The molecule has 1 heterocycles. The van der Waals surface area contributed by atoms with Crippen molar-refractivity contribution in [3.05, 3.63) is 81.6 Å². The molecule has 0 unspecified atom stereocenters. The number of rotatable bonds is 4. The highest BCUT2D eigenvalue weighted by Gasteiger charge is 2.10. The van der Waals surface area contributed by atoms with Gasteiger partial charge in [-0.1, -0.05) is 23.7 Å². The van der Waals surface area contributed by atoms with Crippen LogP contribution >= 0.6 is 11.6 Å². The van der Waals surface area contributed by atoms with Gasteiger partial charge in [-0.3, -0.25) is 4.99 Å². The maximum atomic E-state index is 11.2. The van der Waals surface area contributed by atoms with Gasteiger partial charge in [-0.05, 0) is 62.7 Å². The molecule has 0 fully saturated rings. The third-order valence-electron chi connectivity index (χ3n) is 4.34. The number of hydrogen-bond donors (Lipinski definition) is 1. The number of halogens is 1. The molecule has 0 atom stereocenters. The van der Waals surface area contributed by atoms with Gasteiger partial charge in [0.1, 0.15) is 0 Å². The summed E-state index contributed by atoms with van der Waals surface area (Å²) in [5.74, 6) is -0.958. The Labute approximate surface area is 157 Å². The number of aromatic nitrogens is 1. The van der Waals surface area contributed by atoms with E-state index >= 15 is 0 Å². The molecular weight excluding hydrogens is 348 g/mol. The molecule has 0 spiro atoms. The molecule has 0 aliphatic carbocycles. The molecule has 0 aliphatic heterocycles. The van der Waals surface area contributed by atoms with Crippen LogP contribution in [0.3, 0.4) is 0 Å². The van der Waals surface area contributed by atoms with Crippen molar-refractivity contribution in [1.82, 2.24) is 4.57 Å². The molecule has 0 radical (unpaired) electrons. The highest BCUT2D eigenvalue weighted by atomic mass is 35.5. The summed E-state index contributed by atoms with van der Waals surface area (Å²) in [6.07, 6.45) is 1.78. The highest BCUT2D eigenvalue weighted by Crippen LogP contribution is 2.24. The van der Waals surface area contributed by atoms with E-state index in [9.17, 15) is 4.79 Å². The summed E-state index contributed by atoms with van der Waals surface area (Å²) in [6, 6.07) is 14.7. The van der Waals surface area contributed by atoms with Crippen LogP contribution in [0.25, 0.3) is 5.69 Å². The van der Waals surface area contributed by atoms with Crippen LogP contribution < -0.4 is 0 Å². The zero-order valence-corrected chi connectivity index (χ0v) is 15.6. The second kappa shape index (κ2) is 7.18. The van der Waals surface area contributed by atoms with Gasteiger partial charge < -0.3 is 9.67 Å². The van der Waals surface area contributed by atoms with Gasteiger partial charge in [-0.2, -0.15) is 0 Å². The van der Waals surface area contributed by atoms with E-state index in [-0.39, 0.29) is 5.56 Å². The third kappa shape index (κ3) is 3.55. The van der Waals surface area contributed by atoms with Crippen molar-refractivity contribution in [3.63, 3.8) is 0 Å². The summed E-state index contributed by atoms with van der Waals surface area (Å²) in [5.41, 5.74) is 5.89. The molecule has 26 heavy (non-hydrogen) atoms. The summed E-state index contributed by atoms with van der Waals surface area (Å²) in [5, 5.41) is 9.84. The van der Waals surface area contributed by atoms with Crippen molar-refractivity contribution in [2.75, 3.05) is 0 Å². The van der Waals surface area contributed by atoms with Gasteiger partial charge in [0, 0.05) is 33.9 Å². The van der Waals surface area contributed by atoms with Crippen LogP contribution in [-0.4, -0.2) is 21.9 Å².